The SMILES string of the molecule is Cc1cc2ccccc2c2c1Cc1ccc3ccccc3c1-2. The van der Waals surface area contributed by atoms with Gasteiger partial charge in [0.25, 0.3) is 0 Å². The van der Waals surface area contributed by atoms with E-state index in [9.17, 15) is 0 Å². The van der Waals surface area contributed by atoms with E-state index in [0.717, 1.165) is 6.42 Å². The molecule has 1 aliphatic rings. The fraction of sp³-hybridized carbons (Fsp3) is 0.0909. The Hall–Kier alpha value is -2.60. The van der Waals surface area contributed by atoms with Gasteiger partial charge < -0.3 is 0 Å². The second kappa shape index (κ2) is 4.20. The molecular formula is C22H16. The highest BCUT2D eigenvalue weighted by Crippen LogP contribution is 2.46. The quantitative estimate of drug-likeness (QED) is 0.332. The Morgan fingerprint density at radius 1 is 0.682 bits per heavy atom. The Morgan fingerprint density at radius 2 is 1.36 bits per heavy atom. The molecule has 0 saturated carbocycles. The van der Waals surface area contributed by atoms with Gasteiger partial charge in [0, 0.05) is 0 Å². The molecule has 0 nitrogen and oxygen atoms in total. The number of rotatable bonds is 0. The first-order chi connectivity index (χ1) is 10.8. The molecule has 0 radical (unpaired) electrons. The van der Waals surface area contributed by atoms with E-state index in [4.69, 9.17) is 0 Å². The third-order valence-electron chi connectivity index (χ3n) is 5.01. The largest absolute Gasteiger partial charge is 0.0616 e. The maximum absolute atomic E-state index is 2.34. The van der Waals surface area contributed by atoms with Gasteiger partial charge in [-0.05, 0) is 62.7 Å². The van der Waals surface area contributed by atoms with Gasteiger partial charge in [-0.1, -0.05) is 66.7 Å². The summed E-state index contributed by atoms with van der Waals surface area (Å²) in [5.74, 6) is 0. The van der Waals surface area contributed by atoms with Gasteiger partial charge in [-0.15, -0.1) is 0 Å². The summed E-state index contributed by atoms with van der Waals surface area (Å²) in [6, 6.07) is 24.4. The number of benzene rings is 4. The average molecular weight is 280 g/mol. The zero-order valence-corrected chi connectivity index (χ0v) is 12.6. The van der Waals surface area contributed by atoms with Crippen LogP contribution in [0.5, 0.6) is 0 Å². The Labute approximate surface area is 130 Å². The van der Waals surface area contributed by atoms with E-state index in [1.807, 2.05) is 0 Å². The van der Waals surface area contributed by atoms with Gasteiger partial charge in [-0.25, -0.2) is 0 Å². The number of fused-ring (bicyclic) bond motifs is 7. The van der Waals surface area contributed by atoms with Crippen molar-refractivity contribution in [1.29, 1.82) is 0 Å². The fourth-order valence-electron chi connectivity index (χ4n) is 3.99. The van der Waals surface area contributed by atoms with Crippen LogP contribution < -0.4 is 0 Å². The molecule has 0 aliphatic heterocycles. The summed E-state index contributed by atoms with van der Waals surface area (Å²) >= 11 is 0. The first kappa shape index (κ1) is 12.0. The normalized spacial score (nSPS) is 12.6. The molecule has 4 aromatic carbocycles. The molecule has 0 spiro atoms. The smallest absolute Gasteiger partial charge is 0.00104 e. The summed E-state index contributed by atoms with van der Waals surface area (Å²) < 4.78 is 0. The first-order valence-electron chi connectivity index (χ1n) is 7.85. The Morgan fingerprint density at radius 3 is 2.18 bits per heavy atom. The molecule has 22 heavy (non-hydrogen) atoms. The fourth-order valence-corrected chi connectivity index (χ4v) is 3.99. The van der Waals surface area contributed by atoms with Crippen molar-refractivity contribution in [3.63, 3.8) is 0 Å². The summed E-state index contributed by atoms with van der Waals surface area (Å²) in [6.07, 6.45) is 1.06. The lowest BCUT2D eigenvalue weighted by molar-refractivity contribution is 1.22. The molecule has 0 unspecified atom stereocenters. The lowest BCUT2D eigenvalue weighted by Gasteiger charge is -2.11. The number of hydrogen-bond donors (Lipinski definition) is 0. The van der Waals surface area contributed by atoms with Crippen LogP contribution in [0.3, 0.4) is 0 Å². The predicted octanol–water partition coefficient (Wildman–Crippen LogP) is 5.87. The molecule has 1 aliphatic carbocycles. The van der Waals surface area contributed by atoms with Crippen molar-refractivity contribution < 1.29 is 0 Å². The second-order valence-corrected chi connectivity index (χ2v) is 6.27. The van der Waals surface area contributed by atoms with Crippen LogP contribution in [0, 0.1) is 6.92 Å². The maximum Gasteiger partial charge on any atom is -0.00104 e. The van der Waals surface area contributed by atoms with Crippen LogP contribution in [-0.2, 0) is 6.42 Å². The van der Waals surface area contributed by atoms with E-state index in [1.165, 1.54) is 49.4 Å². The molecule has 0 heterocycles. The van der Waals surface area contributed by atoms with Crippen molar-refractivity contribution in [2.75, 3.05) is 0 Å². The standard InChI is InChI=1S/C22H16/c1-14-12-16-7-3-5-9-19(16)22-20(14)13-17-11-10-15-6-2-4-8-18(15)21(17)22/h2-12H,13H2,1H3. The van der Waals surface area contributed by atoms with Gasteiger partial charge in [0.15, 0.2) is 0 Å². The molecule has 0 fully saturated rings. The Bertz CT molecular complexity index is 1050. The average Bonchev–Trinajstić information content (AvgIpc) is 2.96. The van der Waals surface area contributed by atoms with E-state index < -0.39 is 0 Å². The van der Waals surface area contributed by atoms with Crippen molar-refractivity contribution in [2.24, 2.45) is 0 Å². The molecule has 104 valence electrons. The summed E-state index contributed by atoms with van der Waals surface area (Å²) in [5.41, 5.74) is 7.29. The van der Waals surface area contributed by atoms with E-state index in [2.05, 4.69) is 73.7 Å². The highest BCUT2D eigenvalue weighted by molar-refractivity contribution is 6.10. The Kier molecular flexibility index (Phi) is 2.29. The van der Waals surface area contributed by atoms with Crippen molar-refractivity contribution in [2.45, 2.75) is 13.3 Å². The zero-order valence-electron chi connectivity index (χ0n) is 12.6. The second-order valence-electron chi connectivity index (χ2n) is 6.27. The molecule has 0 N–H and O–H groups in total. The van der Waals surface area contributed by atoms with Crippen LogP contribution in [0.4, 0.5) is 0 Å². The van der Waals surface area contributed by atoms with Crippen molar-refractivity contribution in [3.8, 4) is 11.1 Å². The van der Waals surface area contributed by atoms with Gasteiger partial charge in [0.2, 0.25) is 0 Å². The molecule has 0 saturated heterocycles. The van der Waals surface area contributed by atoms with Crippen molar-refractivity contribution >= 4 is 21.5 Å². The monoisotopic (exact) mass is 280 g/mol. The zero-order chi connectivity index (χ0) is 14.7. The molecule has 0 aromatic heterocycles. The molecule has 0 heteroatoms. The number of aryl methyl sites for hydroxylation is 1. The molecule has 0 atom stereocenters. The van der Waals surface area contributed by atoms with Crippen LogP contribution >= 0.6 is 0 Å². The third-order valence-corrected chi connectivity index (χ3v) is 5.01. The van der Waals surface area contributed by atoms with Gasteiger partial charge >= 0.3 is 0 Å². The van der Waals surface area contributed by atoms with Crippen LogP contribution in [0.15, 0.2) is 66.7 Å². The topological polar surface area (TPSA) is 0 Å². The molecule has 5 rings (SSSR count). The van der Waals surface area contributed by atoms with Crippen LogP contribution in [-0.4, -0.2) is 0 Å². The van der Waals surface area contributed by atoms with E-state index >= 15 is 0 Å². The third kappa shape index (κ3) is 1.47. The van der Waals surface area contributed by atoms with Crippen LogP contribution in [0.25, 0.3) is 32.7 Å². The first-order valence-corrected chi connectivity index (χ1v) is 7.85. The highest BCUT2D eigenvalue weighted by Gasteiger charge is 2.24. The number of hydrogen-bond acceptors (Lipinski definition) is 0. The summed E-state index contributed by atoms with van der Waals surface area (Å²) in [6.45, 7) is 2.25. The van der Waals surface area contributed by atoms with Crippen LogP contribution in [0.1, 0.15) is 16.7 Å². The summed E-state index contributed by atoms with van der Waals surface area (Å²) in [4.78, 5) is 0. The van der Waals surface area contributed by atoms with Gasteiger partial charge in [-0.2, -0.15) is 0 Å². The van der Waals surface area contributed by atoms with Gasteiger partial charge in [0.1, 0.15) is 0 Å². The minimum absolute atomic E-state index is 1.06. The molecule has 0 amide bonds. The van der Waals surface area contributed by atoms with Gasteiger partial charge in [-0.3, -0.25) is 0 Å². The maximum atomic E-state index is 2.34. The molecule has 0 bridgehead atoms. The van der Waals surface area contributed by atoms with Crippen LogP contribution in [0.2, 0.25) is 0 Å². The van der Waals surface area contributed by atoms with Crippen molar-refractivity contribution in [3.05, 3.63) is 83.4 Å². The summed E-state index contributed by atoms with van der Waals surface area (Å²) in [5, 5.41) is 5.45. The molecule has 4 aromatic rings. The minimum atomic E-state index is 1.06. The summed E-state index contributed by atoms with van der Waals surface area (Å²) in [7, 11) is 0. The lowest BCUT2D eigenvalue weighted by Crippen LogP contribution is -1.88. The van der Waals surface area contributed by atoms with E-state index in [1.54, 1.807) is 0 Å². The predicted molar refractivity (Wildman–Crippen MR) is 94.4 cm³/mol. The lowest BCUT2D eigenvalue weighted by atomic mass is 9.92. The van der Waals surface area contributed by atoms with E-state index in [0.29, 0.717) is 0 Å². The Balaban J connectivity index is 2.02. The van der Waals surface area contributed by atoms with Crippen molar-refractivity contribution in [1.82, 2.24) is 0 Å². The minimum Gasteiger partial charge on any atom is -0.0616 e. The van der Waals surface area contributed by atoms with Gasteiger partial charge in [0.05, 0.1) is 0 Å². The molecular weight excluding hydrogens is 264 g/mol. The van der Waals surface area contributed by atoms with E-state index in [-0.39, 0.29) is 0 Å². The highest BCUT2D eigenvalue weighted by atomic mass is 14.3.